The van der Waals surface area contributed by atoms with Crippen molar-refractivity contribution in [1.29, 1.82) is 0 Å². The molecular formula is C22H22N6O3S. The lowest BCUT2D eigenvalue weighted by molar-refractivity contribution is 0.0917. The van der Waals surface area contributed by atoms with Gasteiger partial charge in [-0.05, 0) is 37.0 Å². The molecule has 32 heavy (non-hydrogen) atoms. The third kappa shape index (κ3) is 3.40. The SMILES string of the molecule is Cc1c(C(=O)NC(c2nc(-c3ccncc3)no2)C(C)C)sc2nc3n(c(=O)c12)CCC3. The molecule has 0 fully saturated rings. The molecule has 1 N–H and O–H groups in total. The molecule has 0 radical (unpaired) electrons. The third-order valence-electron chi connectivity index (χ3n) is 5.72. The maximum absolute atomic E-state index is 13.2. The van der Waals surface area contributed by atoms with Gasteiger partial charge in [0.25, 0.3) is 11.5 Å². The Morgan fingerprint density at radius 3 is 2.78 bits per heavy atom. The van der Waals surface area contributed by atoms with E-state index < -0.39 is 6.04 Å². The smallest absolute Gasteiger partial charge is 0.262 e. The lowest BCUT2D eigenvalue weighted by Crippen LogP contribution is -2.32. The van der Waals surface area contributed by atoms with E-state index in [0.717, 1.165) is 24.2 Å². The van der Waals surface area contributed by atoms with Gasteiger partial charge in [0.1, 0.15) is 16.7 Å². The van der Waals surface area contributed by atoms with E-state index in [1.54, 1.807) is 36.0 Å². The average molecular weight is 451 g/mol. The first-order valence-electron chi connectivity index (χ1n) is 10.5. The molecular weight excluding hydrogens is 428 g/mol. The van der Waals surface area contributed by atoms with E-state index in [-0.39, 0.29) is 17.4 Å². The molecule has 1 aliphatic rings. The first-order valence-corrected chi connectivity index (χ1v) is 11.3. The molecule has 1 atom stereocenters. The van der Waals surface area contributed by atoms with Crippen molar-refractivity contribution in [2.75, 3.05) is 0 Å². The van der Waals surface area contributed by atoms with E-state index in [1.807, 2.05) is 13.8 Å². The number of hydrogen-bond acceptors (Lipinski definition) is 8. The van der Waals surface area contributed by atoms with Gasteiger partial charge in [0.15, 0.2) is 0 Å². The fourth-order valence-electron chi connectivity index (χ4n) is 3.99. The van der Waals surface area contributed by atoms with Gasteiger partial charge in [-0.25, -0.2) is 4.98 Å². The number of aryl methyl sites for hydroxylation is 2. The summed E-state index contributed by atoms with van der Waals surface area (Å²) in [6.45, 7) is 6.42. The summed E-state index contributed by atoms with van der Waals surface area (Å²) in [5.74, 6) is 1.29. The molecule has 10 heteroatoms. The summed E-state index contributed by atoms with van der Waals surface area (Å²) in [6.07, 6.45) is 5.03. The summed E-state index contributed by atoms with van der Waals surface area (Å²) in [5, 5.41) is 7.60. The van der Waals surface area contributed by atoms with Crippen molar-refractivity contribution in [3.05, 3.63) is 57.0 Å². The zero-order valence-corrected chi connectivity index (χ0v) is 18.8. The van der Waals surface area contributed by atoms with Gasteiger partial charge < -0.3 is 9.84 Å². The Morgan fingerprint density at radius 2 is 2.03 bits per heavy atom. The summed E-state index contributed by atoms with van der Waals surface area (Å²) >= 11 is 1.25. The lowest BCUT2D eigenvalue weighted by atomic mass is 10.0. The highest BCUT2D eigenvalue weighted by Gasteiger charge is 2.28. The first kappa shape index (κ1) is 20.5. The molecule has 0 aromatic carbocycles. The Balaban J connectivity index is 1.46. The molecule has 0 saturated heterocycles. The van der Waals surface area contributed by atoms with Gasteiger partial charge >= 0.3 is 0 Å². The van der Waals surface area contributed by atoms with Gasteiger partial charge in [-0.15, -0.1) is 11.3 Å². The second kappa shape index (κ2) is 7.94. The van der Waals surface area contributed by atoms with Gasteiger partial charge in [0.2, 0.25) is 11.7 Å². The van der Waals surface area contributed by atoms with Crippen LogP contribution in [0.5, 0.6) is 0 Å². The predicted octanol–water partition coefficient (Wildman–Crippen LogP) is 3.28. The maximum Gasteiger partial charge on any atom is 0.262 e. The standard InChI is InChI=1S/C22H22N6O3S/c1-11(2)16(20-26-18(27-31-20)13-6-8-23-9-7-13)25-19(29)17-12(3)15-21(32-17)24-14-5-4-10-28(14)22(15)30/h6-9,11,16H,4-5,10H2,1-3H3,(H,25,29). The number of nitrogens with one attached hydrogen (secondary N) is 1. The highest BCUT2D eigenvalue weighted by atomic mass is 32.1. The lowest BCUT2D eigenvalue weighted by Gasteiger charge is -2.18. The molecule has 1 amide bonds. The van der Waals surface area contributed by atoms with Gasteiger partial charge in [0, 0.05) is 30.9 Å². The van der Waals surface area contributed by atoms with Crippen LogP contribution in [0, 0.1) is 12.8 Å². The van der Waals surface area contributed by atoms with Crippen molar-refractivity contribution in [3.63, 3.8) is 0 Å². The monoisotopic (exact) mass is 450 g/mol. The van der Waals surface area contributed by atoms with Crippen LogP contribution < -0.4 is 10.9 Å². The Bertz CT molecular complexity index is 1370. The normalized spacial score (nSPS) is 14.1. The molecule has 0 spiro atoms. The molecule has 5 heterocycles. The van der Waals surface area contributed by atoms with Crippen molar-refractivity contribution >= 4 is 27.5 Å². The van der Waals surface area contributed by atoms with Crippen LogP contribution in [0.15, 0.2) is 33.8 Å². The highest BCUT2D eigenvalue weighted by molar-refractivity contribution is 7.20. The van der Waals surface area contributed by atoms with Crippen LogP contribution in [0.3, 0.4) is 0 Å². The van der Waals surface area contributed by atoms with E-state index in [0.29, 0.717) is 38.9 Å². The van der Waals surface area contributed by atoms with Crippen LogP contribution in [-0.4, -0.2) is 30.6 Å². The molecule has 4 aromatic heterocycles. The Hall–Kier alpha value is -3.40. The van der Waals surface area contributed by atoms with Crippen LogP contribution >= 0.6 is 11.3 Å². The molecule has 0 saturated carbocycles. The Morgan fingerprint density at radius 1 is 1.25 bits per heavy atom. The van der Waals surface area contributed by atoms with Crippen LogP contribution in [-0.2, 0) is 13.0 Å². The number of rotatable bonds is 5. The number of hydrogen-bond donors (Lipinski definition) is 1. The zero-order valence-electron chi connectivity index (χ0n) is 18.0. The number of carbonyl (C=O) groups is 1. The van der Waals surface area contributed by atoms with Gasteiger partial charge in [-0.1, -0.05) is 19.0 Å². The minimum Gasteiger partial charge on any atom is -0.339 e. The second-order valence-corrected chi connectivity index (χ2v) is 9.21. The fraction of sp³-hybridized carbons (Fsp3) is 0.364. The Kier molecular flexibility index (Phi) is 5.09. The van der Waals surface area contributed by atoms with Gasteiger partial charge in [-0.3, -0.25) is 19.1 Å². The van der Waals surface area contributed by atoms with Crippen molar-refractivity contribution in [2.45, 2.75) is 46.2 Å². The minimum absolute atomic E-state index is 0.00641. The van der Waals surface area contributed by atoms with Crippen LogP contribution in [0.1, 0.15) is 53.3 Å². The largest absolute Gasteiger partial charge is 0.339 e. The number of carbonyl (C=O) groups excluding carboxylic acids is 1. The van der Waals surface area contributed by atoms with Gasteiger partial charge in [-0.2, -0.15) is 4.98 Å². The van der Waals surface area contributed by atoms with E-state index in [4.69, 9.17) is 4.52 Å². The minimum atomic E-state index is -0.478. The molecule has 1 aliphatic heterocycles. The second-order valence-electron chi connectivity index (χ2n) is 8.21. The van der Waals surface area contributed by atoms with Gasteiger partial charge in [0.05, 0.1) is 10.3 Å². The topological polar surface area (TPSA) is 116 Å². The fourth-order valence-corrected chi connectivity index (χ4v) is 5.09. The maximum atomic E-state index is 13.2. The van der Waals surface area contributed by atoms with Crippen molar-refractivity contribution in [2.24, 2.45) is 5.92 Å². The number of thiophene rings is 1. The van der Waals surface area contributed by atoms with E-state index in [2.05, 4.69) is 25.4 Å². The quantitative estimate of drug-likeness (QED) is 0.496. The number of amides is 1. The Labute approximate surface area is 187 Å². The summed E-state index contributed by atoms with van der Waals surface area (Å²) in [5.41, 5.74) is 1.38. The molecule has 4 aromatic rings. The predicted molar refractivity (Wildman–Crippen MR) is 120 cm³/mol. The summed E-state index contributed by atoms with van der Waals surface area (Å²) in [6, 6.07) is 3.11. The van der Waals surface area contributed by atoms with Crippen molar-refractivity contribution < 1.29 is 9.32 Å². The zero-order chi connectivity index (χ0) is 22.4. The number of aromatic nitrogens is 5. The average Bonchev–Trinajstić information content (AvgIpc) is 3.51. The van der Waals surface area contributed by atoms with E-state index in [9.17, 15) is 9.59 Å². The van der Waals surface area contributed by atoms with Crippen LogP contribution in [0.2, 0.25) is 0 Å². The van der Waals surface area contributed by atoms with Crippen molar-refractivity contribution in [1.82, 2.24) is 30.0 Å². The molecule has 0 aliphatic carbocycles. The molecule has 9 nitrogen and oxygen atoms in total. The molecule has 5 rings (SSSR count). The van der Waals surface area contributed by atoms with Crippen LogP contribution in [0.25, 0.3) is 21.6 Å². The number of fused-ring (bicyclic) bond motifs is 2. The molecule has 1 unspecified atom stereocenters. The van der Waals surface area contributed by atoms with E-state index in [1.165, 1.54) is 11.3 Å². The number of nitrogens with zero attached hydrogens (tertiary/aromatic N) is 5. The third-order valence-corrected chi connectivity index (χ3v) is 6.90. The molecule has 164 valence electrons. The van der Waals surface area contributed by atoms with Crippen molar-refractivity contribution in [3.8, 4) is 11.4 Å². The summed E-state index contributed by atoms with van der Waals surface area (Å²) < 4.78 is 7.20. The first-order chi connectivity index (χ1) is 15.4. The summed E-state index contributed by atoms with van der Waals surface area (Å²) in [7, 11) is 0. The van der Waals surface area contributed by atoms with Crippen LogP contribution in [0.4, 0.5) is 0 Å². The summed E-state index contributed by atoms with van der Waals surface area (Å²) in [4.78, 5) is 40.4. The molecule has 0 bridgehead atoms. The number of pyridine rings is 1. The van der Waals surface area contributed by atoms with E-state index >= 15 is 0 Å². The highest BCUT2D eigenvalue weighted by Crippen LogP contribution is 2.30.